The Kier molecular flexibility index (Phi) is 5.05. The number of benzene rings is 1. The fourth-order valence-electron chi connectivity index (χ4n) is 2.09. The summed E-state index contributed by atoms with van der Waals surface area (Å²) in [7, 11) is 0. The van der Waals surface area contributed by atoms with E-state index in [2.05, 4.69) is 16.7 Å². The van der Waals surface area contributed by atoms with Crippen LogP contribution in [-0.4, -0.2) is 31.8 Å². The van der Waals surface area contributed by atoms with Gasteiger partial charge in [0.25, 0.3) is 5.91 Å². The lowest BCUT2D eigenvalue weighted by Gasteiger charge is -2.15. The van der Waals surface area contributed by atoms with Crippen molar-refractivity contribution in [2.45, 2.75) is 18.2 Å². The zero-order chi connectivity index (χ0) is 13.7. The summed E-state index contributed by atoms with van der Waals surface area (Å²) in [6, 6.07) is 6.02. The summed E-state index contributed by atoms with van der Waals surface area (Å²) >= 11 is 1.66. The van der Waals surface area contributed by atoms with Crippen LogP contribution in [0.4, 0.5) is 0 Å². The summed E-state index contributed by atoms with van der Waals surface area (Å²) in [5, 5.41) is 6.28. The highest BCUT2D eigenvalue weighted by molar-refractivity contribution is 7.98. The molecule has 2 rings (SSSR count). The van der Waals surface area contributed by atoms with E-state index in [4.69, 9.17) is 0 Å². The average Bonchev–Trinajstić information content (AvgIpc) is 2.46. The van der Waals surface area contributed by atoms with E-state index in [9.17, 15) is 4.79 Å². The Morgan fingerprint density at radius 3 is 3.00 bits per heavy atom. The second-order valence-corrected chi connectivity index (χ2v) is 5.56. The van der Waals surface area contributed by atoms with Gasteiger partial charge in [-0.15, -0.1) is 11.8 Å². The molecule has 2 N–H and O–H groups in total. The quantitative estimate of drug-likeness (QED) is 0.655. The van der Waals surface area contributed by atoms with Gasteiger partial charge in [0, 0.05) is 23.5 Å². The molecule has 1 amide bonds. The molecule has 0 aromatic heterocycles. The zero-order valence-electron chi connectivity index (χ0n) is 11.5. The van der Waals surface area contributed by atoms with Gasteiger partial charge >= 0.3 is 0 Å². The van der Waals surface area contributed by atoms with E-state index in [0.717, 1.165) is 35.5 Å². The van der Waals surface area contributed by atoms with Crippen molar-refractivity contribution >= 4 is 17.7 Å². The van der Waals surface area contributed by atoms with Crippen LogP contribution in [0.2, 0.25) is 0 Å². The van der Waals surface area contributed by atoms with Crippen molar-refractivity contribution in [3.8, 4) is 0 Å². The van der Waals surface area contributed by atoms with Crippen LogP contribution in [-0.2, 0) is 0 Å². The number of carbonyl (C=O) groups is 1. The molecule has 1 aromatic carbocycles. The molecule has 1 aromatic rings. The minimum absolute atomic E-state index is 0.0211. The fraction of sp³-hybridized carbons (Fsp3) is 0.400. The number of rotatable bonds is 4. The number of carbonyl (C=O) groups excluding carboxylic acids is 1. The maximum absolute atomic E-state index is 12.2. The van der Waals surface area contributed by atoms with Gasteiger partial charge in [-0.05, 0) is 43.8 Å². The smallest absolute Gasteiger partial charge is 0.251 e. The van der Waals surface area contributed by atoms with Crippen molar-refractivity contribution in [2.24, 2.45) is 0 Å². The molecule has 0 atom stereocenters. The Morgan fingerprint density at radius 2 is 2.32 bits per heavy atom. The molecule has 19 heavy (non-hydrogen) atoms. The minimum Gasteiger partial charge on any atom is -0.348 e. The predicted octanol–water partition coefficient (Wildman–Crippen LogP) is 2.37. The number of hydrogen-bond acceptors (Lipinski definition) is 3. The molecule has 0 aliphatic carbocycles. The second kappa shape index (κ2) is 6.78. The second-order valence-electron chi connectivity index (χ2n) is 4.68. The van der Waals surface area contributed by atoms with E-state index in [0.29, 0.717) is 6.54 Å². The summed E-state index contributed by atoms with van der Waals surface area (Å²) in [6.45, 7) is 4.54. The maximum Gasteiger partial charge on any atom is 0.251 e. The molecule has 1 aliphatic heterocycles. The van der Waals surface area contributed by atoms with Crippen molar-refractivity contribution in [1.29, 1.82) is 0 Å². The third-order valence-electron chi connectivity index (χ3n) is 3.32. The van der Waals surface area contributed by atoms with E-state index in [1.165, 1.54) is 5.57 Å². The Morgan fingerprint density at radius 1 is 1.47 bits per heavy atom. The lowest BCUT2D eigenvalue weighted by atomic mass is 10.1. The van der Waals surface area contributed by atoms with Crippen molar-refractivity contribution in [1.82, 2.24) is 10.6 Å². The van der Waals surface area contributed by atoms with E-state index in [1.807, 2.05) is 31.4 Å². The SMILES string of the molecule is CSc1ccc(C)c(C(=O)NCC2=CCNCC2)c1. The summed E-state index contributed by atoms with van der Waals surface area (Å²) in [4.78, 5) is 13.3. The first kappa shape index (κ1) is 14.2. The van der Waals surface area contributed by atoms with Gasteiger partial charge in [-0.1, -0.05) is 17.7 Å². The maximum atomic E-state index is 12.2. The Balaban J connectivity index is 2.01. The molecule has 0 spiro atoms. The summed E-state index contributed by atoms with van der Waals surface area (Å²) in [5.74, 6) is 0.0211. The number of amides is 1. The zero-order valence-corrected chi connectivity index (χ0v) is 12.3. The first-order valence-electron chi connectivity index (χ1n) is 6.52. The molecule has 1 heterocycles. The molecule has 102 valence electrons. The molecular weight excluding hydrogens is 256 g/mol. The molecule has 0 fully saturated rings. The Bertz CT molecular complexity index is 497. The van der Waals surface area contributed by atoms with Crippen LogP contribution >= 0.6 is 11.8 Å². The molecular formula is C15H20N2OS. The molecule has 0 saturated heterocycles. The Hall–Kier alpha value is -1.26. The van der Waals surface area contributed by atoms with Gasteiger partial charge in [0.2, 0.25) is 0 Å². The van der Waals surface area contributed by atoms with E-state index < -0.39 is 0 Å². The molecule has 0 saturated carbocycles. The van der Waals surface area contributed by atoms with Crippen LogP contribution < -0.4 is 10.6 Å². The Labute approximate surface area is 118 Å². The normalized spacial score (nSPS) is 14.9. The lowest BCUT2D eigenvalue weighted by molar-refractivity contribution is 0.0956. The fourth-order valence-corrected chi connectivity index (χ4v) is 2.53. The minimum atomic E-state index is 0.0211. The molecule has 3 nitrogen and oxygen atoms in total. The summed E-state index contributed by atoms with van der Waals surface area (Å²) in [6.07, 6.45) is 5.20. The predicted molar refractivity (Wildman–Crippen MR) is 80.9 cm³/mol. The van der Waals surface area contributed by atoms with Gasteiger partial charge in [-0.3, -0.25) is 4.79 Å². The van der Waals surface area contributed by atoms with E-state index in [-0.39, 0.29) is 5.91 Å². The standard InChI is InChI=1S/C15H20N2OS/c1-11-3-4-13(19-2)9-14(11)15(18)17-10-12-5-7-16-8-6-12/h3-5,9,16H,6-8,10H2,1-2H3,(H,17,18). The van der Waals surface area contributed by atoms with Crippen molar-refractivity contribution in [3.05, 3.63) is 41.0 Å². The van der Waals surface area contributed by atoms with Crippen LogP contribution in [0, 0.1) is 6.92 Å². The van der Waals surface area contributed by atoms with Crippen LogP contribution in [0.25, 0.3) is 0 Å². The highest BCUT2D eigenvalue weighted by atomic mass is 32.2. The van der Waals surface area contributed by atoms with Crippen LogP contribution in [0.3, 0.4) is 0 Å². The third kappa shape index (κ3) is 3.85. The van der Waals surface area contributed by atoms with Gasteiger partial charge in [0.1, 0.15) is 0 Å². The number of thioether (sulfide) groups is 1. The highest BCUT2D eigenvalue weighted by Gasteiger charge is 2.11. The number of aryl methyl sites for hydroxylation is 1. The van der Waals surface area contributed by atoms with Crippen molar-refractivity contribution in [2.75, 3.05) is 25.9 Å². The van der Waals surface area contributed by atoms with E-state index in [1.54, 1.807) is 11.8 Å². The number of hydrogen-bond donors (Lipinski definition) is 2. The molecule has 0 unspecified atom stereocenters. The van der Waals surface area contributed by atoms with Gasteiger partial charge in [-0.25, -0.2) is 0 Å². The summed E-state index contributed by atoms with van der Waals surface area (Å²) in [5.41, 5.74) is 3.11. The first-order valence-corrected chi connectivity index (χ1v) is 7.74. The number of nitrogens with one attached hydrogen (secondary N) is 2. The van der Waals surface area contributed by atoms with Crippen LogP contribution in [0.1, 0.15) is 22.3 Å². The first-order chi connectivity index (χ1) is 9.20. The largest absolute Gasteiger partial charge is 0.348 e. The van der Waals surface area contributed by atoms with Gasteiger partial charge < -0.3 is 10.6 Å². The molecule has 4 heteroatoms. The lowest BCUT2D eigenvalue weighted by Crippen LogP contribution is -2.30. The third-order valence-corrected chi connectivity index (χ3v) is 4.05. The molecule has 0 bridgehead atoms. The van der Waals surface area contributed by atoms with Crippen molar-refractivity contribution < 1.29 is 4.79 Å². The molecule has 1 aliphatic rings. The van der Waals surface area contributed by atoms with Crippen molar-refractivity contribution in [3.63, 3.8) is 0 Å². The summed E-state index contributed by atoms with van der Waals surface area (Å²) < 4.78 is 0. The van der Waals surface area contributed by atoms with Gasteiger partial charge in [0.15, 0.2) is 0 Å². The van der Waals surface area contributed by atoms with Crippen LogP contribution in [0.15, 0.2) is 34.7 Å². The molecule has 0 radical (unpaired) electrons. The van der Waals surface area contributed by atoms with E-state index >= 15 is 0 Å². The van der Waals surface area contributed by atoms with Gasteiger partial charge in [-0.2, -0.15) is 0 Å². The van der Waals surface area contributed by atoms with Gasteiger partial charge in [0.05, 0.1) is 0 Å². The van der Waals surface area contributed by atoms with Crippen LogP contribution in [0.5, 0.6) is 0 Å². The highest BCUT2D eigenvalue weighted by Crippen LogP contribution is 2.19. The monoisotopic (exact) mass is 276 g/mol. The topological polar surface area (TPSA) is 41.1 Å². The average molecular weight is 276 g/mol.